The van der Waals surface area contributed by atoms with E-state index in [0.717, 1.165) is 6.07 Å². The Morgan fingerprint density at radius 3 is 2.65 bits per heavy atom. The number of ether oxygens (including phenoxy) is 2. The molecule has 2 N–H and O–H groups in total. The highest BCUT2D eigenvalue weighted by atomic mass is 35.5. The summed E-state index contributed by atoms with van der Waals surface area (Å²) in [4.78, 5) is 25.0. The van der Waals surface area contributed by atoms with Crippen LogP contribution in [0.3, 0.4) is 0 Å². The van der Waals surface area contributed by atoms with Crippen molar-refractivity contribution in [1.29, 1.82) is 0 Å². The number of alkyl halides is 3. The molecule has 0 saturated carbocycles. The van der Waals surface area contributed by atoms with E-state index in [0.29, 0.717) is 42.3 Å². The van der Waals surface area contributed by atoms with Gasteiger partial charge in [-0.2, -0.15) is 28.2 Å². The number of carbonyl (C=O) groups excluding carboxylic acids is 1. The summed E-state index contributed by atoms with van der Waals surface area (Å²) >= 11 is 12.6. The summed E-state index contributed by atoms with van der Waals surface area (Å²) < 4.78 is 54.8. The first-order chi connectivity index (χ1) is 18.9. The quantitative estimate of drug-likeness (QED) is 0.436. The Labute approximate surface area is 237 Å². The number of nitrogen functional groups attached to an aromatic ring is 1. The summed E-state index contributed by atoms with van der Waals surface area (Å²) in [5.74, 6) is 0.200. The maximum absolute atomic E-state index is 13.9. The highest BCUT2D eigenvalue weighted by Crippen LogP contribution is 2.44. The fourth-order valence-electron chi connectivity index (χ4n) is 5.00. The number of hydrogen-bond donors (Lipinski definition) is 1. The summed E-state index contributed by atoms with van der Waals surface area (Å²) in [5.41, 5.74) is 6.70. The molecule has 40 heavy (non-hydrogen) atoms. The van der Waals surface area contributed by atoms with Crippen LogP contribution in [-0.4, -0.2) is 58.3 Å². The van der Waals surface area contributed by atoms with E-state index < -0.39 is 22.9 Å². The van der Waals surface area contributed by atoms with E-state index >= 15 is 0 Å². The number of methoxy groups -OCH3 is 1. The zero-order valence-corrected chi connectivity index (χ0v) is 23.4. The lowest BCUT2D eigenvalue weighted by atomic mass is 9.94. The van der Waals surface area contributed by atoms with E-state index in [4.69, 9.17) is 38.4 Å². The van der Waals surface area contributed by atoms with Crippen molar-refractivity contribution in [3.05, 3.63) is 56.0 Å². The highest BCUT2D eigenvalue weighted by molar-refractivity contribution is 6.34. The molecule has 0 fully saturated rings. The predicted molar refractivity (Wildman–Crippen MR) is 142 cm³/mol. The van der Waals surface area contributed by atoms with Gasteiger partial charge in [-0.1, -0.05) is 23.2 Å². The number of amides is 1. The van der Waals surface area contributed by atoms with E-state index in [1.165, 1.54) is 18.1 Å². The van der Waals surface area contributed by atoms with Gasteiger partial charge in [-0.3, -0.25) is 9.48 Å². The van der Waals surface area contributed by atoms with Crippen LogP contribution in [0.25, 0.3) is 0 Å². The molecule has 1 amide bonds. The van der Waals surface area contributed by atoms with Crippen LogP contribution in [0.4, 0.5) is 24.7 Å². The second kappa shape index (κ2) is 10.6. The number of hydrogen-bond acceptors (Lipinski definition) is 8. The maximum atomic E-state index is 13.9. The Morgan fingerprint density at radius 1 is 1.23 bits per heavy atom. The molecular weight excluding hydrogens is 574 g/mol. The Kier molecular flexibility index (Phi) is 7.48. The average Bonchev–Trinajstić information content (AvgIpc) is 3.05. The first-order valence-corrected chi connectivity index (χ1v) is 13.1. The Bertz CT molecular complexity index is 1480. The fourth-order valence-corrected chi connectivity index (χ4v) is 5.62. The SMILES string of the molecule is COc1nc2c(c(N3CCCn4nc(C(=O)N(C)C)c(Cl)c4C3)n1)COC(c1cc(N)cc(Cl)c1C(F)(F)F)C2. The molecular formula is C25H26Cl2F3N7O3. The van der Waals surface area contributed by atoms with Crippen molar-refractivity contribution in [2.24, 2.45) is 0 Å². The van der Waals surface area contributed by atoms with E-state index in [-0.39, 0.29) is 53.5 Å². The summed E-state index contributed by atoms with van der Waals surface area (Å²) in [6.45, 7) is 1.32. The van der Waals surface area contributed by atoms with Gasteiger partial charge in [0.2, 0.25) is 0 Å². The second-order valence-electron chi connectivity index (χ2n) is 9.73. The first-order valence-electron chi connectivity index (χ1n) is 12.3. The molecule has 2 aromatic heterocycles. The van der Waals surface area contributed by atoms with Crippen LogP contribution in [0.15, 0.2) is 12.1 Å². The molecule has 3 aromatic rings. The van der Waals surface area contributed by atoms with Gasteiger partial charge in [-0.15, -0.1) is 0 Å². The van der Waals surface area contributed by atoms with Crippen molar-refractivity contribution in [3.8, 4) is 6.01 Å². The van der Waals surface area contributed by atoms with Gasteiger partial charge in [0, 0.05) is 44.9 Å². The van der Waals surface area contributed by atoms with Gasteiger partial charge in [0.25, 0.3) is 5.91 Å². The van der Waals surface area contributed by atoms with Crippen molar-refractivity contribution < 1.29 is 27.4 Å². The number of anilines is 2. The summed E-state index contributed by atoms with van der Waals surface area (Å²) in [6, 6.07) is 2.36. The van der Waals surface area contributed by atoms with Gasteiger partial charge in [-0.05, 0) is 24.1 Å². The standard InChI is InChI=1S/C25H26Cl2F3N7O3/c1-35(2)23(38)21-20(27)17-10-36(5-4-6-37(17)34-21)22-14-11-40-18(9-16(14)32-24(33-22)39-3)13-7-12(31)8-15(26)19(13)25(28,29)30/h7-8,18H,4-6,9-11,31H2,1-3H3. The predicted octanol–water partition coefficient (Wildman–Crippen LogP) is 4.52. The maximum Gasteiger partial charge on any atom is 0.418 e. The lowest BCUT2D eigenvalue weighted by molar-refractivity contribution is -0.139. The van der Waals surface area contributed by atoms with E-state index in [1.54, 1.807) is 18.8 Å². The van der Waals surface area contributed by atoms with Crippen molar-refractivity contribution in [1.82, 2.24) is 24.6 Å². The number of fused-ring (bicyclic) bond motifs is 2. The van der Waals surface area contributed by atoms with Gasteiger partial charge in [0.1, 0.15) is 5.82 Å². The summed E-state index contributed by atoms with van der Waals surface area (Å²) in [5, 5.41) is 4.20. The zero-order valence-electron chi connectivity index (χ0n) is 21.8. The lowest BCUT2D eigenvalue weighted by Gasteiger charge is -2.31. The van der Waals surface area contributed by atoms with Crippen LogP contribution in [0, 0.1) is 0 Å². The largest absolute Gasteiger partial charge is 0.467 e. The molecule has 1 unspecified atom stereocenters. The zero-order chi connectivity index (χ0) is 28.9. The number of nitrogens with two attached hydrogens (primary N) is 1. The molecule has 15 heteroatoms. The number of nitrogens with zero attached hydrogens (tertiary/aromatic N) is 6. The van der Waals surface area contributed by atoms with E-state index in [2.05, 4.69) is 15.1 Å². The lowest BCUT2D eigenvalue weighted by Crippen LogP contribution is -2.29. The molecule has 0 saturated heterocycles. The van der Waals surface area contributed by atoms with Crippen LogP contribution in [0.2, 0.25) is 10.0 Å². The molecule has 0 bridgehead atoms. The molecule has 10 nitrogen and oxygen atoms in total. The van der Waals surface area contributed by atoms with Crippen molar-refractivity contribution in [2.75, 3.05) is 38.4 Å². The second-order valence-corrected chi connectivity index (χ2v) is 10.5. The molecule has 4 heterocycles. The number of benzene rings is 1. The van der Waals surface area contributed by atoms with Gasteiger partial charge in [0.15, 0.2) is 5.69 Å². The monoisotopic (exact) mass is 599 g/mol. The average molecular weight is 600 g/mol. The molecule has 214 valence electrons. The van der Waals surface area contributed by atoms with Crippen molar-refractivity contribution in [2.45, 2.75) is 44.8 Å². The minimum absolute atomic E-state index is 0.0120. The molecule has 2 aliphatic heterocycles. The Morgan fingerprint density at radius 2 is 1.98 bits per heavy atom. The van der Waals surface area contributed by atoms with Crippen molar-refractivity contribution in [3.63, 3.8) is 0 Å². The first kappa shape index (κ1) is 28.2. The summed E-state index contributed by atoms with van der Waals surface area (Å²) in [6.07, 6.45) is -5.03. The third-order valence-corrected chi connectivity index (χ3v) is 7.55. The van der Waals surface area contributed by atoms with Crippen LogP contribution in [-0.2, 0) is 37.0 Å². The van der Waals surface area contributed by atoms with E-state index in [9.17, 15) is 18.0 Å². The number of rotatable bonds is 4. The number of aryl methyl sites for hydroxylation is 1. The van der Waals surface area contributed by atoms with Crippen LogP contribution in [0.5, 0.6) is 6.01 Å². The molecule has 0 radical (unpaired) electrons. The number of carbonyl (C=O) groups is 1. The fraction of sp³-hybridized carbons (Fsp3) is 0.440. The van der Waals surface area contributed by atoms with Gasteiger partial charge >= 0.3 is 12.2 Å². The topological polar surface area (TPSA) is 112 Å². The molecule has 2 aliphatic rings. The van der Waals surface area contributed by atoms with Gasteiger partial charge < -0.3 is 25.0 Å². The normalized spacial score (nSPS) is 17.2. The minimum Gasteiger partial charge on any atom is -0.467 e. The minimum atomic E-state index is -4.71. The summed E-state index contributed by atoms with van der Waals surface area (Å²) in [7, 11) is 4.66. The Balaban J connectivity index is 1.52. The third kappa shape index (κ3) is 5.13. The number of aromatic nitrogens is 4. The smallest absolute Gasteiger partial charge is 0.418 e. The van der Waals surface area contributed by atoms with Crippen LogP contribution in [0.1, 0.15) is 51.1 Å². The van der Waals surface area contributed by atoms with Gasteiger partial charge in [0.05, 0.1) is 53.4 Å². The van der Waals surface area contributed by atoms with Crippen molar-refractivity contribution >= 4 is 40.6 Å². The highest BCUT2D eigenvalue weighted by Gasteiger charge is 2.40. The van der Waals surface area contributed by atoms with E-state index in [1.807, 2.05) is 4.90 Å². The number of halogens is 5. The molecule has 0 aliphatic carbocycles. The van der Waals surface area contributed by atoms with Crippen LogP contribution < -0.4 is 15.4 Å². The van der Waals surface area contributed by atoms with Crippen LogP contribution >= 0.6 is 23.2 Å². The molecule has 5 rings (SSSR count). The third-order valence-electron chi connectivity index (χ3n) is 6.85. The Hall–Kier alpha value is -3.29. The molecule has 1 atom stereocenters. The van der Waals surface area contributed by atoms with Gasteiger partial charge in [-0.25, -0.2) is 0 Å². The molecule has 1 aromatic carbocycles. The molecule has 0 spiro atoms.